The summed E-state index contributed by atoms with van der Waals surface area (Å²) in [5.41, 5.74) is 10.5. The largest absolute Gasteiger partial charge is 0.292 e. The van der Waals surface area contributed by atoms with Crippen LogP contribution in [0.2, 0.25) is 0 Å². The summed E-state index contributed by atoms with van der Waals surface area (Å²) in [6.07, 6.45) is 0. The van der Waals surface area contributed by atoms with E-state index in [-0.39, 0.29) is 0 Å². The molecular formula is C52H33N3. The van der Waals surface area contributed by atoms with E-state index in [2.05, 4.69) is 193 Å². The summed E-state index contributed by atoms with van der Waals surface area (Å²) in [6, 6.07) is 71.6. The summed E-state index contributed by atoms with van der Waals surface area (Å²) >= 11 is 0. The number of nitrogens with zero attached hydrogens (tertiary/aromatic N) is 3. The van der Waals surface area contributed by atoms with Crippen molar-refractivity contribution in [3.63, 3.8) is 0 Å². The molecular weight excluding hydrogens is 667 g/mol. The second kappa shape index (κ2) is 12.6. The third-order valence-electron chi connectivity index (χ3n) is 11.0. The van der Waals surface area contributed by atoms with Crippen molar-refractivity contribution in [1.82, 2.24) is 14.5 Å². The molecule has 2 aromatic heterocycles. The molecule has 2 heterocycles. The number of hydrogen-bond donors (Lipinski definition) is 0. The van der Waals surface area contributed by atoms with Crippen molar-refractivity contribution in [2.24, 2.45) is 0 Å². The van der Waals surface area contributed by atoms with Gasteiger partial charge in [-0.2, -0.15) is 0 Å². The molecule has 0 spiro atoms. The highest BCUT2D eigenvalue weighted by atomic mass is 15.1. The van der Waals surface area contributed by atoms with Gasteiger partial charge in [0, 0.05) is 22.4 Å². The van der Waals surface area contributed by atoms with Crippen molar-refractivity contribution in [1.29, 1.82) is 0 Å². The maximum absolute atomic E-state index is 5.49. The Balaban J connectivity index is 1.14. The van der Waals surface area contributed by atoms with Crippen LogP contribution in [0.3, 0.4) is 0 Å². The fourth-order valence-electron chi connectivity index (χ4n) is 8.38. The average Bonchev–Trinajstić information content (AvgIpc) is 3.66. The lowest BCUT2D eigenvalue weighted by Gasteiger charge is -2.16. The van der Waals surface area contributed by atoms with E-state index in [1.807, 2.05) is 12.1 Å². The normalized spacial score (nSPS) is 11.6. The minimum Gasteiger partial charge on any atom is -0.292 e. The summed E-state index contributed by atoms with van der Waals surface area (Å²) in [5, 5.41) is 9.82. The molecule has 256 valence electrons. The number of aromatic nitrogens is 3. The topological polar surface area (TPSA) is 30.7 Å². The van der Waals surface area contributed by atoms with Gasteiger partial charge in [-0.15, -0.1) is 0 Å². The van der Waals surface area contributed by atoms with Crippen LogP contribution in [0.1, 0.15) is 0 Å². The van der Waals surface area contributed by atoms with Crippen LogP contribution in [-0.2, 0) is 0 Å². The molecule has 9 aromatic carbocycles. The highest BCUT2D eigenvalue weighted by molar-refractivity contribution is 6.15. The van der Waals surface area contributed by atoms with E-state index in [0.717, 1.165) is 56.2 Å². The Morgan fingerprint density at radius 2 is 0.855 bits per heavy atom. The highest BCUT2D eigenvalue weighted by Gasteiger charge is 2.18. The SMILES string of the molecule is c1ccc(-c2nc3ccccc3n2-c2ccc(-c3cc(-c4cc5ccccc5c5ccccc45)cc(-c4cc5ccccc5c5ccccc45)n3)cc2)cc1. The molecule has 11 rings (SSSR count). The molecule has 0 bridgehead atoms. The molecule has 0 saturated carbocycles. The molecule has 0 fully saturated rings. The third-order valence-corrected chi connectivity index (χ3v) is 11.0. The quantitative estimate of drug-likeness (QED) is 0.167. The second-order valence-corrected chi connectivity index (χ2v) is 14.2. The highest BCUT2D eigenvalue weighted by Crippen LogP contribution is 2.41. The maximum Gasteiger partial charge on any atom is 0.145 e. The minimum atomic E-state index is 0.920. The first kappa shape index (κ1) is 31.2. The van der Waals surface area contributed by atoms with Gasteiger partial charge in [-0.3, -0.25) is 4.57 Å². The monoisotopic (exact) mass is 699 g/mol. The van der Waals surface area contributed by atoms with Gasteiger partial charge in [0.1, 0.15) is 5.82 Å². The lowest BCUT2D eigenvalue weighted by molar-refractivity contribution is 1.10. The van der Waals surface area contributed by atoms with Crippen LogP contribution in [0.25, 0.3) is 105 Å². The van der Waals surface area contributed by atoms with Gasteiger partial charge in [0.05, 0.1) is 22.4 Å². The zero-order valence-corrected chi connectivity index (χ0v) is 29.9. The van der Waals surface area contributed by atoms with Crippen molar-refractivity contribution < 1.29 is 0 Å². The van der Waals surface area contributed by atoms with E-state index >= 15 is 0 Å². The molecule has 0 amide bonds. The van der Waals surface area contributed by atoms with Gasteiger partial charge in [0.2, 0.25) is 0 Å². The molecule has 0 saturated heterocycles. The summed E-state index contributed by atoms with van der Waals surface area (Å²) in [4.78, 5) is 10.6. The number of fused-ring (bicyclic) bond motifs is 7. The number of rotatable bonds is 5. The van der Waals surface area contributed by atoms with Crippen molar-refractivity contribution in [2.45, 2.75) is 0 Å². The van der Waals surface area contributed by atoms with Gasteiger partial charge in [0.25, 0.3) is 0 Å². The van der Waals surface area contributed by atoms with E-state index < -0.39 is 0 Å². The molecule has 0 aliphatic heterocycles. The molecule has 0 aliphatic rings. The number of imidazole rings is 1. The molecule has 0 N–H and O–H groups in total. The smallest absolute Gasteiger partial charge is 0.145 e. The van der Waals surface area contributed by atoms with E-state index in [1.54, 1.807) is 0 Å². The van der Waals surface area contributed by atoms with Crippen LogP contribution < -0.4 is 0 Å². The van der Waals surface area contributed by atoms with Crippen LogP contribution in [0.15, 0.2) is 200 Å². The van der Waals surface area contributed by atoms with Crippen LogP contribution in [0, 0.1) is 0 Å². The van der Waals surface area contributed by atoms with Gasteiger partial charge in [-0.25, -0.2) is 9.97 Å². The Bertz CT molecular complexity index is 3110. The Hall–Kier alpha value is -7.36. The Morgan fingerprint density at radius 3 is 1.55 bits per heavy atom. The van der Waals surface area contributed by atoms with Crippen LogP contribution >= 0.6 is 0 Å². The first-order valence-corrected chi connectivity index (χ1v) is 18.7. The summed E-state index contributed by atoms with van der Waals surface area (Å²) in [7, 11) is 0. The Kier molecular flexibility index (Phi) is 7.17. The number of hydrogen-bond acceptors (Lipinski definition) is 2. The molecule has 0 unspecified atom stereocenters. The molecule has 3 nitrogen and oxygen atoms in total. The van der Waals surface area contributed by atoms with E-state index in [0.29, 0.717) is 0 Å². The van der Waals surface area contributed by atoms with Gasteiger partial charge in [-0.1, -0.05) is 152 Å². The predicted octanol–water partition coefficient (Wildman–Crippen LogP) is 13.7. The van der Waals surface area contributed by atoms with Crippen molar-refractivity contribution >= 4 is 54.1 Å². The van der Waals surface area contributed by atoms with E-state index in [1.165, 1.54) is 48.7 Å². The molecule has 0 radical (unpaired) electrons. The first-order chi connectivity index (χ1) is 27.3. The fourth-order valence-corrected chi connectivity index (χ4v) is 8.38. The van der Waals surface area contributed by atoms with Crippen molar-refractivity contribution in [2.75, 3.05) is 0 Å². The number of benzene rings is 9. The molecule has 0 aliphatic carbocycles. The molecule has 0 atom stereocenters. The zero-order chi connectivity index (χ0) is 36.3. The van der Waals surface area contributed by atoms with Gasteiger partial charge >= 0.3 is 0 Å². The minimum absolute atomic E-state index is 0.920. The van der Waals surface area contributed by atoms with Gasteiger partial charge in [-0.05, 0) is 103 Å². The second-order valence-electron chi connectivity index (χ2n) is 14.2. The van der Waals surface area contributed by atoms with Crippen LogP contribution in [-0.4, -0.2) is 14.5 Å². The van der Waals surface area contributed by atoms with Gasteiger partial charge in [0.15, 0.2) is 0 Å². The third kappa shape index (κ3) is 5.20. The van der Waals surface area contributed by atoms with Gasteiger partial charge < -0.3 is 0 Å². The van der Waals surface area contributed by atoms with Crippen LogP contribution in [0.4, 0.5) is 0 Å². The molecule has 11 aromatic rings. The number of pyridine rings is 1. The molecule has 3 heteroatoms. The van der Waals surface area contributed by atoms with E-state index in [4.69, 9.17) is 9.97 Å². The fraction of sp³-hybridized carbons (Fsp3) is 0. The maximum atomic E-state index is 5.49. The summed E-state index contributed by atoms with van der Waals surface area (Å²) < 4.78 is 2.26. The number of para-hydroxylation sites is 2. The Morgan fingerprint density at radius 1 is 0.327 bits per heavy atom. The van der Waals surface area contributed by atoms with Crippen molar-refractivity contribution in [3.05, 3.63) is 200 Å². The predicted molar refractivity (Wildman–Crippen MR) is 231 cm³/mol. The van der Waals surface area contributed by atoms with E-state index in [9.17, 15) is 0 Å². The standard InChI is InChI=1S/C52H33N3/c1-2-14-35(15-3-1)52-54-48-24-12-13-25-51(48)55(52)39-28-26-34(27-29-39)49-32-38(46-30-36-16-4-6-18-40(36)42-20-8-10-22-44(42)46)33-50(53-49)47-31-37-17-5-7-19-41(37)43-21-9-11-23-45(43)47/h1-33H. The molecule has 55 heavy (non-hydrogen) atoms. The van der Waals surface area contributed by atoms with Crippen molar-refractivity contribution in [3.8, 4) is 50.7 Å². The van der Waals surface area contributed by atoms with Crippen LogP contribution in [0.5, 0.6) is 0 Å². The zero-order valence-electron chi connectivity index (χ0n) is 29.9. The Labute approximate surface area is 318 Å². The summed E-state index contributed by atoms with van der Waals surface area (Å²) in [5.74, 6) is 0.920. The lowest BCUT2D eigenvalue weighted by atomic mass is 9.91. The summed E-state index contributed by atoms with van der Waals surface area (Å²) in [6.45, 7) is 0. The first-order valence-electron chi connectivity index (χ1n) is 18.7. The average molecular weight is 700 g/mol. The lowest BCUT2D eigenvalue weighted by Crippen LogP contribution is -1.98.